The van der Waals surface area contributed by atoms with Gasteiger partial charge in [0.15, 0.2) is 5.82 Å². The molecule has 0 unspecified atom stereocenters. The second kappa shape index (κ2) is 14.6. The molecule has 4 rings (SSSR count). The normalized spacial score (nSPS) is 17.8. The molecule has 0 saturated heterocycles. The predicted octanol–water partition coefficient (Wildman–Crippen LogP) is 5.80. The van der Waals surface area contributed by atoms with E-state index in [1.54, 1.807) is 24.1 Å². The summed E-state index contributed by atoms with van der Waals surface area (Å²) in [7, 11) is 1.69. The molecule has 1 saturated carbocycles. The average Bonchev–Trinajstić information content (AvgIpc) is 3.50. The topological polar surface area (TPSA) is 128 Å². The molecule has 238 valence electrons. The number of hydrogen-bond donors (Lipinski definition) is 3. The van der Waals surface area contributed by atoms with E-state index >= 15 is 8.78 Å². The highest BCUT2D eigenvalue weighted by molar-refractivity contribution is 6.04. The Bertz CT molecular complexity index is 1370. The van der Waals surface area contributed by atoms with Gasteiger partial charge in [-0.1, -0.05) is 45.8 Å². The summed E-state index contributed by atoms with van der Waals surface area (Å²) in [5.74, 6) is -2.33. The van der Waals surface area contributed by atoms with E-state index in [-0.39, 0.29) is 47.9 Å². The van der Waals surface area contributed by atoms with Gasteiger partial charge in [-0.2, -0.15) is 4.98 Å². The molecule has 2 aliphatic rings. The lowest BCUT2D eigenvalue weighted by Crippen LogP contribution is -2.55. The van der Waals surface area contributed by atoms with Crippen LogP contribution >= 0.6 is 0 Å². The van der Waals surface area contributed by atoms with Crippen LogP contribution in [0.4, 0.5) is 31.9 Å². The Hall–Kier alpha value is -4.09. The zero-order valence-corrected chi connectivity index (χ0v) is 25.8. The number of carboxylic acids is 1. The molecule has 1 aromatic heterocycles. The van der Waals surface area contributed by atoms with E-state index in [0.717, 1.165) is 25.7 Å². The molecule has 2 aromatic rings. The first kappa shape index (κ1) is 32.8. The first-order chi connectivity index (χ1) is 21.0. The molecule has 2 amide bonds. The van der Waals surface area contributed by atoms with Gasteiger partial charge in [0, 0.05) is 19.5 Å². The largest absolute Gasteiger partial charge is 0.480 e. The Morgan fingerprint density at radius 3 is 2.48 bits per heavy atom. The van der Waals surface area contributed by atoms with Gasteiger partial charge < -0.3 is 25.5 Å². The number of carbonyl (C=O) groups is 3. The first-order valence-electron chi connectivity index (χ1n) is 15.4. The summed E-state index contributed by atoms with van der Waals surface area (Å²) >= 11 is 0. The van der Waals surface area contributed by atoms with Gasteiger partial charge in [0.05, 0.1) is 6.20 Å². The van der Waals surface area contributed by atoms with E-state index in [1.807, 2.05) is 20.8 Å². The van der Waals surface area contributed by atoms with Crippen molar-refractivity contribution < 1.29 is 28.3 Å². The fourth-order valence-corrected chi connectivity index (χ4v) is 5.92. The van der Waals surface area contributed by atoms with Gasteiger partial charge in [-0.05, 0) is 62.1 Å². The van der Waals surface area contributed by atoms with Crippen LogP contribution in [0.3, 0.4) is 0 Å². The number of anilines is 4. The molecule has 1 aromatic carbocycles. The van der Waals surface area contributed by atoms with Gasteiger partial charge in [0.25, 0.3) is 0 Å². The van der Waals surface area contributed by atoms with Crippen molar-refractivity contribution in [1.29, 1.82) is 0 Å². The van der Waals surface area contributed by atoms with Crippen molar-refractivity contribution in [2.24, 2.45) is 5.92 Å². The zero-order chi connectivity index (χ0) is 32.0. The second-order valence-corrected chi connectivity index (χ2v) is 11.9. The maximum absolute atomic E-state index is 15.1. The molecular formula is C32H42F2N6O4. The molecule has 1 aliphatic carbocycles. The molecule has 44 heavy (non-hydrogen) atoms. The number of aromatic nitrogens is 2. The van der Waals surface area contributed by atoms with Crippen molar-refractivity contribution >= 4 is 47.0 Å². The number of carbonyl (C=O) groups excluding carboxylic acids is 2. The molecule has 3 N–H and O–H groups in total. The van der Waals surface area contributed by atoms with Crippen molar-refractivity contribution in [2.75, 3.05) is 22.2 Å². The van der Waals surface area contributed by atoms with E-state index < -0.39 is 23.6 Å². The van der Waals surface area contributed by atoms with Crippen molar-refractivity contribution in [3.63, 3.8) is 0 Å². The van der Waals surface area contributed by atoms with Crippen LogP contribution in [-0.4, -0.2) is 58.0 Å². The van der Waals surface area contributed by atoms with Gasteiger partial charge in [-0.25, -0.2) is 18.6 Å². The highest BCUT2D eigenvalue weighted by Gasteiger charge is 2.41. The number of nitrogens with zero attached hydrogens (tertiary/aromatic N) is 4. The van der Waals surface area contributed by atoms with Crippen LogP contribution in [0, 0.1) is 17.6 Å². The Morgan fingerprint density at radius 2 is 1.86 bits per heavy atom. The van der Waals surface area contributed by atoms with E-state index in [0.29, 0.717) is 42.8 Å². The average molecular weight is 613 g/mol. The number of carboxylic acid groups (broad SMARTS) is 1. The first-order valence-corrected chi connectivity index (χ1v) is 15.4. The number of halogens is 2. The highest BCUT2D eigenvalue weighted by atomic mass is 19.1. The lowest BCUT2D eigenvalue weighted by atomic mass is 10.0. The minimum absolute atomic E-state index is 0.0197. The van der Waals surface area contributed by atoms with E-state index in [9.17, 15) is 19.5 Å². The maximum Gasteiger partial charge on any atom is 0.326 e. The fraction of sp³-hybridized carbons (Fsp3) is 0.531. The minimum Gasteiger partial charge on any atom is -0.480 e. The second-order valence-electron chi connectivity index (χ2n) is 11.9. The number of fused-ring (bicyclic) bond motifs is 1. The number of rotatable bonds is 13. The number of allylic oxidation sites excluding steroid dienone is 1. The standard InChI is InChI=1S/C32H42F2N6O4/c1-5-25-30(42)39(4)26-18-35-32(38-29(26)40(25)21-12-9-10-13-21)37-28-22(33)16-20(17-23(28)34)11-7-6-8-14-27(41)36-24(31(43)44)15-19(2)3/h7,11,16-19,21,24-25H,5-6,8-10,12-15H2,1-4H3,(H,36,41)(H,43,44)(H,35,37,38)/b11-7+/t24-,25+/m0/s1. The summed E-state index contributed by atoms with van der Waals surface area (Å²) in [6.07, 6.45) is 10.9. The van der Waals surface area contributed by atoms with Crippen molar-refractivity contribution in [2.45, 2.75) is 96.7 Å². The number of unbranched alkanes of at least 4 members (excludes halogenated alkanes) is 1. The number of nitrogens with one attached hydrogen (secondary N) is 2. The smallest absolute Gasteiger partial charge is 0.326 e. The Balaban J connectivity index is 1.41. The Kier molecular flexibility index (Phi) is 10.9. The lowest BCUT2D eigenvalue weighted by Gasteiger charge is -2.43. The summed E-state index contributed by atoms with van der Waals surface area (Å²) in [6.45, 7) is 5.74. The van der Waals surface area contributed by atoms with Crippen LogP contribution in [0.15, 0.2) is 24.4 Å². The lowest BCUT2D eigenvalue weighted by molar-refractivity contribution is -0.142. The Labute approximate surface area is 256 Å². The number of amides is 2. The van der Waals surface area contributed by atoms with Gasteiger partial charge >= 0.3 is 5.97 Å². The summed E-state index contributed by atoms with van der Waals surface area (Å²) in [4.78, 5) is 49.1. The summed E-state index contributed by atoms with van der Waals surface area (Å²) in [5, 5.41) is 14.5. The molecule has 12 heteroatoms. The summed E-state index contributed by atoms with van der Waals surface area (Å²) in [5.41, 5.74) is 0.490. The minimum atomic E-state index is -1.06. The van der Waals surface area contributed by atoms with Crippen LogP contribution in [0.25, 0.3) is 6.08 Å². The summed E-state index contributed by atoms with van der Waals surface area (Å²) in [6, 6.07) is 1.27. The van der Waals surface area contributed by atoms with Gasteiger partial charge in [-0.3, -0.25) is 9.59 Å². The molecular weight excluding hydrogens is 570 g/mol. The van der Waals surface area contributed by atoms with E-state index in [1.165, 1.54) is 18.3 Å². The third-order valence-corrected chi connectivity index (χ3v) is 8.14. The zero-order valence-electron chi connectivity index (χ0n) is 25.8. The number of aliphatic carboxylic acids is 1. The molecule has 0 radical (unpaired) electrons. The number of benzene rings is 1. The predicted molar refractivity (Wildman–Crippen MR) is 166 cm³/mol. The number of hydrogen-bond acceptors (Lipinski definition) is 7. The summed E-state index contributed by atoms with van der Waals surface area (Å²) < 4.78 is 30.2. The third-order valence-electron chi connectivity index (χ3n) is 8.14. The van der Waals surface area contributed by atoms with Crippen molar-refractivity contribution in [1.82, 2.24) is 15.3 Å². The van der Waals surface area contributed by atoms with Crippen molar-refractivity contribution in [3.05, 3.63) is 41.6 Å². The highest BCUT2D eigenvalue weighted by Crippen LogP contribution is 2.40. The molecule has 0 spiro atoms. The van der Waals surface area contributed by atoms with E-state index in [2.05, 4.69) is 25.5 Å². The molecule has 10 nitrogen and oxygen atoms in total. The maximum atomic E-state index is 15.1. The monoisotopic (exact) mass is 612 g/mol. The molecule has 2 heterocycles. The van der Waals surface area contributed by atoms with E-state index in [4.69, 9.17) is 0 Å². The Morgan fingerprint density at radius 1 is 1.18 bits per heavy atom. The molecule has 1 fully saturated rings. The molecule has 0 bridgehead atoms. The van der Waals surface area contributed by atoms with Crippen LogP contribution in [0.5, 0.6) is 0 Å². The van der Waals surface area contributed by atoms with Gasteiger partial charge in [0.1, 0.15) is 35.1 Å². The third kappa shape index (κ3) is 7.70. The molecule has 2 atom stereocenters. The molecule has 1 aliphatic heterocycles. The van der Waals surface area contributed by atoms with Crippen LogP contribution in [-0.2, 0) is 14.4 Å². The van der Waals surface area contributed by atoms with Crippen molar-refractivity contribution in [3.8, 4) is 0 Å². The SMILES string of the molecule is CC[C@@H]1C(=O)N(C)c2cnc(Nc3c(F)cc(/C=C/CCCC(=O)N[C@@H](CC(C)C)C(=O)O)cc3F)nc2N1C1CCCC1. The van der Waals surface area contributed by atoms with Crippen LogP contribution < -0.4 is 20.4 Å². The van der Waals surface area contributed by atoms with Crippen LogP contribution in [0.1, 0.15) is 84.1 Å². The number of likely N-dealkylation sites (N-methyl/N-ethyl adjacent to an activating group) is 1. The fourth-order valence-electron chi connectivity index (χ4n) is 5.92. The van der Waals surface area contributed by atoms with Crippen LogP contribution in [0.2, 0.25) is 0 Å². The van der Waals surface area contributed by atoms with Gasteiger partial charge in [-0.15, -0.1) is 0 Å². The quantitative estimate of drug-likeness (QED) is 0.242. The van der Waals surface area contributed by atoms with Gasteiger partial charge in [0.2, 0.25) is 17.8 Å².